The first kappa shape index (κ1) is 21.7. The number of benzene rings is 1. The number of nitrogens with zero attached hydrogens (tertiary/aromatic N) is 1. The maximum atomic E-state index is 12.8. The summed E-state index contributed by atoms with van der Waals surface area (Å²) >= 11 is 0. The number of amides is 2. The Balaban J connectivity index is 1.92. The fourth-order valence-electron chi connectivity index (χ4n) is 2.98. The van der Waals surface area contributed by atoms with E-state index in [9.17, 15) is 14.4 Å². The zero-order valence-electron chi connectivity index (χ0n) is 17.2. The molecule has 0 unspecified atom stereocenters. The van der Waals surface area contributed by atoms with E-state index in [-0.39, 0.29) is 18.1 Å². The largest absolute Gasteiger partial charge is 0.455 e. The SMILES string of the molecule is CCC[C@H](NC(=O)OC(C)(C)C)C(=O)N1C[C@H](OC(=O)c2ccccc2)[C@H]1C. The number of carbonyl (C=O) groups is 3. The molecule has 28 heavy (non-hydrogen) atoms. The van der Waals surface area contributed by atoms with Crippen LogP contribution in [0.25, 0.3) is 0 Å². The zero-order valence-corrected chi connectivity index (χ0v) is 17.2. The van der Waals surface area contributed by atoms with Crippen LogP contribution in [0.4, 0.5) is 4.79 Å². The first-order chi connectivity index (χ1) is 13.1. The van der Waals surface area contributed by atoms with Gasteiger partial charge in [0.25, 0.3) is 0 Å². The highest BCUT2D eigenvalue weighted by Gasteiger charge is 2.43. The van der Waals surface area contributed by atoms with Crippen LogP contribution < -0.4 is 5.32 Å². The molecule has 7 heteroatoms. The second-order valence-electron chi connectivity index (χ2n) is 8.03. The summed E-state index contributed by atoms with van der Waals surface area (Å²) < 4.78 is 10.8. The van der Waals surface area contributed by atoms with Gasteiger partial charge in [-0.1, -0.05) is 31.5 Å². The molecule has 2 amide bonds. The summed E-state index contributed by atoms with van der Waals surface area (Å²) in [6.45, 7) is 9.40. The van der Waals surface area contributed by atoms with Gasteiger partial charge in [0.15, 0.2) is 0 Å². The van der Waals surface area contributed by atoms with E-state index < -0.39 is 23.7 Å². The second-order valence-corrected chi connectivity index (χ2v) is 8.03. The van der Waals surface area contributed by atoms with Crippen molar-refractivity contribution in [3.8, 4) is 0 Å². The van der Waals surface area contributed by atoms with Crippen LogP contribution in [-0.2, 0) is 14.3 Å². The lowest BCUT2D eigenvalue weighted by Gasteiger charge is -2.46. The minimum atomic E-state index is -0.659. The summed E-state index contributed by atoms with van der Waals surface area (Å²) in [6, 6.07) is 7.85. The highest BCUT2D eigenvalue weighted by atomic mass is 16.6. The van der Waals surface area contributed by atoms with E-state index in [1.807, 2.05) is 19.9 Å². The van der Waals surface area contributed by atoms with Gasteiger partial charge < -0.3 is 19.7 Å². The smallest absolute Gasteiger partial charge is 0.408 e. The topological polar surface area (TPSA) is 84.9 Å². The molecule has 0 spiro atoms. The molecule has 1 aliphatic heterocycles. The minimum absolute atomic E-state index is 0.188. The normalized spacial score (nSPS) is 20.0. The standard InChI is InChI=1S/C21H30N2O5/c1-6-10-16(22-20(26)28-21(3,4)5)18(24)23-13-17(14(23)2)27-19(25)15-11-8-7-9-12-15/h7-9,11-12,14,16-17H,6,10,13H2,1-5H3,(H,22,26)/t14-,16+,17+/m1/s1. The highest BCUT2D eigenvalue weighted by Crippen LogP contribution is 2.24. The monoisotopic (exact) mass is 390 g/mol. The summed E-state index contributed by atoms with van der Waals surface area (Å²) in [4.78, 5) is 38.7. The molecule has 1 aromatic carbocycles. The van der Waals surface area contributed by atoms with Gasteiger partial charge in [-0.2, -0.15) is 0 Å². The average molecular weight is 390 g/mol. The Morgan fingerprint density at radius 3 is 2.39 bits per heavy atom. The number of likely N-dealkylation sites (tertiary alicyclic amines) is 1. The molecule has 0 radical (unpaired) electrons. The van der Waals surface area contributed by atoms with Crippen molar-refractivity contribution in [2.75, 3.05) is 6.54 Å². The lowest BCUT2D eigenvalue weighted by atomic mass is 9.98. The van der Waals surface area contributed by atoms with E-state index in [0.29, 0.717) is 18.5 Å². The third-order valence-corrected chi connectivity index (χ3v) is 4.52. The number of hydrogen-bond donors (Lipinski definition) is 1. The van der Waals surface area contributed by atoms with Gasteiger partial charge in [-0.25, -0.2) is 9.59 Å². The Labute approximate surface area is 166 Å². The van der Waals surface area contributed by atoms with Gasteiger partial charge in [0.1, 0.15) is 17.7 Å². The van der Waals surface area contributed by atoms with Crippen molar-refractivity contribution in [2.24, 2.45) is 0 Å². The molecule has 1 aliphatic rings. The fourth-order valence-corrected chi connectivity index (χ4v) is 2.98. The molecule has 1 aromatic rings. The van der Waals surface area contributed by atoms with Crippen molar-refractivity contribution in [3.05, 3.63) is 35.9 Å². The van der Waals surface area contributed by atoms with Crippen molar-refractivity contribution >= 4 is 18.0 Å². The van der Waals surface area contributed by atoms with Crippen molar-refractivity contribution in [2.45, 2.75) is 71.2 Å². The predicted octanol–water partition coefficient (Wildman–Crippen LogP) is 3.14. The van der Waals surface area contributed by atoms with E-state index in [2.05, 4.69) is 5.32 Å². The van der Waals surface area contributed by atoms with Crippen molar-refractivity contribution in [1.29, 1.82) is 0 Å². The molecule has 0 aromatic heterocycles. The first-order valence-electron chi connectivity index (χ1n) is 9.68. The Morgan fingerprint density at radius 1 is 1.21 bits per heavy atom. The van der Waals surface area contributed by atoms with Crippen LogP contribution in [0.3, 0.4) is 0 Å². The number of ether oxygens (including phenoxy) is 2. The molecule has 0 saturated carbocycles. The summed E-state index contributed by atoms with van der Waals surface area (Å²) in [7, 11) is 0. The van der Waals surface area contributed by atoms with Gasteiger partial charge in [0.2, 0.25) is 5.91 Å². The molecule has 1 fully saturated rings. The Morgan fingerprint density at radius 2 is 1.86 bits per heavy atom. The van der Waals surface area contributed by atoms with Crippen LogP contribution in [0, 0.1) is 0 Å². The molecular formula is C21H30N2O5. The van der Waals surface area contributed by atoms with Gasteiger partial charge in [-0.15, -0.1) is 0 Å². The highest BCUT2D eigenvalue weighted by molar-refractivity contribution is 5.90. The first-order valence-corrected chi connectivity index (χ1v) is 9.68. The lowest BCUT2D eigenvalue weighted by molar-refractivity contribution is -0.152. The Bertz CT molecular complexity index is 698. The number of alkyl carbamates (subject to hydrolysis) is 1. The molecule has 154 valence electrons. The van der Waals surface area contributed by atoms with Crippen LogP contribution in [0.2, 0.25) is 0 Å². The molecule has 1 N–H and O–H groups in total. The van der Waals surface area contributed by atoms with Crippen LogP contribution in [0.1, 0.15) is 57.8 Å². The van der Waals surface area contributed by atoms with Crippen molar-refractivity contribution < 1.29 is 23.9 Å². The molecule has 0 aliphatic carbocycles. The maximum Gasteiger partial charge on any atom is 0.408 e. The number of rotatable bonds is 6. The van der Waals surface area contributed by atoms with Gasteiger partial charge in [0, 0.05) is 0 Å². The van der Waals surface area contributed by atoms with Gasteiger partial charge in [0.05, 0.1) is 18.2 Å². The van der Waals surface area contributed by atoms with Gasteiger partial charge in [-0.3, -0.25) is 4.79 Å². The number of nitrogens with one attached hydrogen (secondary N) is 1. The summed E-state index contributed by atoms with van der Waals surface area (Å²) in [6.07, 6.45) is 0.274. The van der Waals surface area contributed by atoms with Crippen molar-refractivity contribution in [1.82, 2.24) is 10.2 Å². The van der Waals surface area contributed by atoms with Gasteiger partial charge >= 0.3 is 12.1 Å². The molecule has 2 rings (SSSR count). The van der Waals surface area contributed by atoms with Gasteiger partial charge in [-0.05, 0) is 46.2 Å². The van der Waals surface area contributed by atoms with Crippen LogP contribution >= 0.6 is 0 Å². The number of hydrogen-bond acceptors (Lipinski definition) is 5. The molecule has 1 heterocycles. The number of carbonyl (C=O) groups excluding carboxylic acids is 3. The summed E-state index contributed by atoms with van der Waals surface area (Å²) in [5.41, 5.74) is -0.153. The second kappa shape index (κ2) is 9.08. The average Bonchev–Trinajstić information content (AvgIpc) is 2.62. The van der Waals surface area contributed by atoms with Crippen LogP contribution in [0.5, 0.6) is 0 Å². The molecular weight excluding hydrogens is 360 g/mol. The minimum Gasteiger partial charge on any atom is -0.455 e. The fraction of sp³-hybridized carbons (Fsp3) is 0.571. The Hall–Kier alpha value is -2.57. The van der Waals surface area contributed by atoms with E-state index in [1.165, 1.54) is 0 Å². The van der Waals surface area contributed by atoms with Crippen molar-refractivity contribution in [3.63, 3.8) is 0 Å². The maximum absolute atomic E-state index is 12.8. The lowest BCUT2D eigenvalue weighted by Crippen LogP contribution is -2.65. The molecule has 3 atom stereocenters. The quantitative estimate of drug-likeness (QED) is 0.755. The predicted molar refractivity (Wildman–Crippen MR) is 105 cm³/mol. The summed E-state index contributed by atoms with van der Waals surface area (Å²) in [5, 5.41) is 2.67. The van der Waals surface area contributed by atoms with Crippen LogP contribution in [0.15, 0.2) is 30.3 Å². The third-order valence-electron chi connectivity index (χ3n) is 4.52. The molecule has 1 saturated heterocycles. The zero-order chi connectivity index (χ0) is 20.9. The summed E-state index contributed by atoms with van der Waals surface area (Å²) in [5.74, 6) is -0.589. The number of esters is 1. The van der Waals surface area contributed by atoms with E-state index >= 15 is 0 Å². The van der Waals surface area contributed by atoms with E-state index in [1.54, 1.807) is 49.9 Å². The third kappa shape index (κ3) is 5.71. The Kier molecular flexibility index (Phi) is 7.05. The van der Waals surface area contributed by atoms with Crippen LogP contribution in [-0.4, -0.2) is 53.2 Å². The van der Waals surface area contributed by atoms with E-state index in [0.717, 1.165) is 6.42 Å². The molecule has 0 bridgehead atoms. The van der Waals surface area contributed by atoms with E-state index in [4.69, 9.17) is 9.47 Å². The molecule has 7 nitrogen and oxygen atoms in total.